The van der Waals surface area contributed by atoms with Crippen LogP contribution in [0.2, 0.25) is 0 Å². The van der Waals surface area contributed by atoms with Gasteiger partial charge in [0, 0.05) is 6.54 Å². The van der Waals surface area contributed by atoms with Gasteiger partial charge < -0.3 is 9.52 Å². The fraction of sp³-hybridized carbons (Fsp3) is 0.333. The van der Waals surface area contributed by atoms with Gasteiger partial charge in [-0.25, -0.2) is 9.18 Å². The first kappa shape index (κ1) is 13.6. The first-order valence-corrected chi connectivity index (χ1v) is 6.80. The second-order valence-electron chi connectivity index (χ2n) is 5.11. The van der Waals surface area contributed by atoms with E-state index in [1.165, 1.54) is 18.2 Å². The Morgan fingerprint density at radius 1 is 1.33 bits per heavy atom. The number of nitrogens with zero attached hydrogens (tertiary/aromatic N) is 1. The molecule has 1 aliphatic heterocycles. The molecule has 1 fully saturated rings. The number of fused-ring (bicyclic) bond motifs is 1. The molecule has 1 atom stereocenters. The largest absolute Gasteiger partial charge is 0.465 e. The second kappa shape index (κ2) is 5.20. The summed E-state index contributed by atoms with van der Waals surface area (Å²) in [6.45, 7) is 0.334. The minimum atomic E-state index is -1.12. The van der Waals surface area contributed by atoms with Crippen LogP contribution in [0.5, 0.6) is 0 Å². The topological polar surface area (TPSA) is 70.8 Å². The number of ketones is 1. The molecule has 1 saturated heterocycles. The van der Waals surface area contributed by atoms with E-state index in [2.05, 4.69) is 0 Å². The third-order valence-corrected chi connectivity index (χ3v) is 3.80. The lowest BCUT2D eigenvalue weighted by atomic mass is 9.97. The minimum absolute atomic E-state index is 0.00764. The molecule has 1 aliphatic rings. The number of hydrogen-bond acceptors (Lipinski definition) is 3. The van der Waals surface area contributed by atoms with Crippen LogP contribution in [-0.2, 0) is 0 Å². The molecular formula is C15H14FNO4. The van der Waals surface area contributed by atoms with E-state index in [1.54, 1.807) is 6.07 Å². The van der Waals surface area contributed by atoms with Gasteiger partial charge in [0.05, 0.1) is 5.39 Å². The molecule has 1 amide bonds. The van der Waals surface area contributed by atoms with Gasteiger partial charge in [0.25, 0.3) is 0 Å². The van der Waals surface area contributed by atoms with Gasteiger partial charge in [-0.1, -0.05) is 6.07 Å². The summed E-state index contributed by atoms with van der Waals surface area (Å²) < 4.78 is 19.0. The van der Waals surface area contributed by atoms with E-state index in [0.29, 0.717) is 13.0 Å². The van der Waals surface area contributed by atoms with Gasteiger partial charge in [-0.3, -0.25) is 9.69 Å². The Morgan fingerprint density at radius 2 is 2.14 bits per heavy atom. The maximum Gasteiger partial charge on any atom is 0.407 e. The van der Waals surface area contributed by atoms with Crippen molar-refractivity contribution in [3.8, 4) is 0 Å². The SMILES string of the molecule is O=C(c1cc2c(F)cccc2o1)C1CCCCN1C(=O)O. The van der Waals surface area contributed by atoms with Crippen LogP contribution in [-0.4, -0.2) is 34.5 Å². The maximum atomic E-state index is 13.6. The van der Waals surface area contributed by atoms with Crippen molar-refractivity contribution >= 4 is 22.8 Å². The van der Waals surface area contributed by atoms with E-state index in [-0.39, 0.29) is 16.7 Å². The Morgan fingerprint density at radius 3 is 2.86 bits per heavy atom. The van der Waals surface area contributed by atoms with Crippen molar-refractivity contribution in [1.82, 2.24) is 4.90 Å². The van der Waals surface area contributed by atoms with Gasteiger partial charge in [0.1, 0.15) is 17.4 Å². The van der Waals surface area contributed by atoms with Crippen LogP contribution >= 0.6 is 0 Å². The number of carboxylic acid groups (broad SMARTS) is 1. The summed E-state index contributed by atoms with van der Waals surface area (Å²) in [6.07, 6.45) is 0.875. The number of carbonyl (C=O) groups excluding carboxylic acids is 1. The number of carbonyl (C=O) groups is 2. The molecule has 2 heterocycles. The predicted octanol–water partition coefficient (Wildman–Crippen LogP) is 3.29. The van der Waals surface area contributed by atoms with Gasteiger partial charge in [-0.15, -0.1) is 0 Å². The van der Waals surface area contributed by atoms with E-state index < -0.39 is 23.7 Å². The zero-order chi connectivity index (χ0) is 15.0. The maximum absolute atomic E-state index is 13.6. The van der Waals surface area contributed by atoms with Gasteiger partial charge in [0.2, 0.25) is 5.78 Å². The quantitative estimate of drug-likeness (QED) is 0.862. The first-order chi connectivity index (χ1) is 10.1. The molecular weight excluding hydrogens is 277 g/mol. The lowest BCUT2D eigenvalue weighted by Gasteiger charge is -2.31. The standard InChI is InChI=1S/C15H14FNO4/c16-10-4-3-6-12-9(10)8-13(21-12)14(18)11-5-1-2-7-17(11)15(19)20/h3-4,6,8,11H,1-2,5,7H2,(H,19,20). The fourth-order valence-electron chi connectivity index (χ4n) is 2.74. The van der Waals surface area contributed by atoms with Crippen LogP contribution in [0, 0.1) is 5.82 Å². The molecule has 110 valence electrons. The summed E-state index contributed by atoms with van der Waals surface area (Å²) in [7, 11) is 0. The molecule has 1 unspecified atom stereocenters. The van der Waals surface area contributed by atoms with E-state index in [4.69, 9.17) is 4.42 Å². The number of amides is 1. The van der Waals surface area contributed by atoms with Crippen molar-refractivity contribution in [1.29, 1.82) is 0 Å². The lowest BCUT2D eigenvalue weighted by Crippen LogP contribution is -2.47. The molecule has 0 saturated carbocycles. The molecule has 5 nitrogen and oxygen atoms in total. The predicted molar refractivity (Wildman–Crippen MR) is 72.9 cm³/mol. The van der Waals surface area contributed by atoms with Gasteiger partial charge in [-0.2, -0.15) is 0 Å². The second-order valence-corrected chi connectivity index (χ2v) is 5.11. The zero-order valence-electron chi connectivity index (χ0n) is 11.2. The summed E-state index contributed by atoms with van der Waals surface area (Å²) in [6, 6.07) is 4.96. The monoisotopic (exact) mass is 291 g/mol. The number of Topliss-reactive ketones (excluding diaryl/α,β-unsaturated/α-hetero) is 1. The van der Waals surface area contributed by atoms with Crippen molar-refractivity contribution in [2.45, 2.75) is 25.3 Å². The van der Waals surface area contributed by atoms with E-state index in [9.17, 15) is 19.1 Å². The minimum Gasteiger partial charge on any atom is -0.465 e. The number of benzene rings is 1. The normalized spacial score (nSPS) is 18.9. The van der Waals surface area contributed by atoms with Crippen LogP contribution in [0.1, 0.15) is 29.8 Å². The Balaban J connectivity index is 1.95. The Kier molecular flexibility index (Phi) is 3.37. The molecule has 21 heavy (non-hydrogen) atoms. The number of piperidine rings is 1. The van der Waals surface area contributed by atoms with Crippen molar-refractivity contribution < 1.29 is 23.5 Å². The molecule has 0 aliphatic carbocycles. The highest BCUT2D eigenvalue weighted by atomic mass is 19.1. The molecule has 0 radical (unpaired) electrons. The third-order valence-electron chi connectivity index (χ3n) is 3.80. The first-order valence-electron chi connectivity index (χ1n) is 6.80. The van der Waals surface area contributed by atoms with Crippen molar-refractivity contribution in [2.75, 3.05) is 6.54 Å². The van der Waals surface area contributed by atoms with Crippen molar-refractivity contribution in [2.24, 2.45) is 0 Å². The Bertz CT molecular complexity index is 709. The lowest BCUT2D eigenvalue weighted by molar-refractivity contribution is 0.0691. The van der Waals surface area contributed by atoms with Crippen molar-refractivity contribution in [3.05, 3.63) is 35.8 Å². The molecule has 0 bridgehead atoms. The number of furan rings is 1. The van der Waals surface area contributed by atoms with E-state index in [1.807, 2.05) is 0 Å². The van der Waals surface area contributed by atoms with Crippen LogP contribution in [0.3, 0.4) is 0 Å². The summed E-state index contributed by atoms with van der Waals surface area (Å²) in [5, 5.41) is 9.41. The fourth-order valence-corrected chi connectivity index (χ4v) is 2.74. The van der Waals surface area contributed by atoms with Gasteiger partial charge in [0.15, 0.2) is 5.76 Å². The molecule has 1 N–H and O–H groups in total. The summed E-state index contributed by atoms with van der Waals surface area (Å²) in [5.74, 6) is -0.866. The van der Waals surface area contributed by atoms with Crippen LogP contribution in [0.15, 0.2) is 28.7 Å². The highest BCUT2D eigenvalue weighted by molar-refractivity contribution is 6.02. The van der Waals surface area contributed by atoms with Crippen molar-refractivity contribution in [3.63, 3.8) is 0 Å². The molecule has 0 spiro atoms. The van der Waals surface area contributed by atoms with E-state index >= 15 is 0 Å². The van der Waals surface area contributed by atoms with Gasteiger partial charge in [-0.05, 0) is 37.5 Å². The molecule has 3 rings (SSSR count). The Labute approximate surface area is 119 Å². The van der Waals surface area contributed by atoms with E-state index in [0.717, 1.165) is 17.7 Å². The summed E-state index contributed by atoms with van der Waals surface area (Å²) in [5.41, 5.74) is 0.288. The smallest absolute Gasteiger partial charge is 0.407 e. The molecule has 1 aromatic carbocycles. The van der Waals surface area contributed by atoms with Gasteiger partial charge >= 0.3 is 6.09 Å². The number of likely N-dealkylation sites (tertiary alicyclic amines) is 1. The number of rotatable bonds is 2. The zero-order valence-corrected chi connectivity index (χ0v) is 11.2. The summed E-state index contributed by atoms with van der Waals surface area (Å²) in [4.78, 5) is 24.8. The van der Waals surface area contributed by atoms with Crippen LogP contribution in [0.25, 0.3) is 11.0 Å². The highest BCUT2D eigenvalue weighted by Gasteiger charge is 2.34. The summed E-state index contributed by atoms with van der Waals surface area (Å²) >= 11 is 0. The third kappa shape index (κ3) is 2.37. The van der Waals surface area contributed by atoms with Crippen LogP contribution in [0.4, 0.5) is 9.18 Å². The molecule has 6 heteroatoms. The average molecular weight is 291 g/mol. The number of hydrogen-bond donors (Lipinski definition) is 1. The molecule has 2 aromatic rings. The van der Waals surface area contributed by atoms with Crippen LogP contribution < -0.4 is 0 Å². The average Bonchev–Trinajstić information content (AvgIpc) is 2.92. The molecule has 1 aromatic heterocycles. The highest BCUT2D eigenvalue weighted by Crippen LogP contribution is 2.26. The number of halogens is 1. The Hall–Kier alpha value is -2.37.